The van der Waals surface area contributed by atoms with E-state index >= 15 is 0 Å². The van der Waals surface area contributed by atoms with Gasteiger partial charge in [-0.1, -0.05) is 6.92 Å². The molecule has 0 bridgehead atoms. The summed E-state index contributed by atoms with van der Waals surface area (Å²) in [5.41, 5.74) is 1.25. The molecule has 25 heavy (non-hydrogen) atoms. The van der Waals surface area contributed by atoms with Crippen LogP contribution in [0.2, 0.25) is 0 Å². The minimum atomic E-state index is -0.414. The predicted octanol–water partition coefficient (Wildman–Crippen LogP) is 1.72. The van der Waals surface area contributed by atoms with Crippen molar-refractivity contribution in [3.05, 3.63) is 21.4 Å². The monoisotopic (exact) mass is 364 g/mol. The lowest BCUT2D eigenvalue weighted by Crippen LogP contribution is -2.51. The van der Waals surface area contributed by atoms with Gasteiger partial charge in [0.2, 0.25) is 5.91 Å². The maximum atomic E-state index is 12.2. The summed E-state index contributed by atoms with van der Waals surface area (Å²) in [4.78, 5) is 41.0. The molecule has 0 N–H and O–H groups in total. The molecular formula is C18H24N2O4S. The van der Waals surface area contributed by atoms with Crippen molar-refractivity contribution in [2.45, 2.75) is 33.1 Å². The molecule has 6 nitrogen and oxygen atoms in total. The Kier molecular flexibility index (Phi) is 5.42. The summed E-state index contributed by atoms with van der Waals surface area (Å²) in [7, 11) is 0. The summed E-state index contributed by atoms with van der Waals surface area (Å²) in [6.45, 7) is 5.56. The summed E-state index contributed by atoms with van der Waals surface area (Å²) in [6.07, 6.45) is 3.19. The molecule has 1 atom stereocenters. The highest BCUT2D eigenvalue weighted by Crippen LogP contribution is 2.32. The SMILES string of the molecule is CC(=O)N1CCN(C(=O)COC(=O)c2cc3c(s2)CC[C@@H](C)C3)CC1. The molecule has 1 aromatic heterocycles. The highest BCUT2D eigenvalue weighted by atomic mass is 32.1. The van der Waals surface area contributed by atoms with Gasteiger partial charge in [-0.15, -0.1) is 11.3 Å². The van der Waals surface area contributed by atoms with Gasteiger partial charge in [-0.3, -0.25) is 9.59 Å². The standard InChI is InChI=1S/C18H24N2O4S/c1-12-3-4-15-14(9-12)10-16(25-15)18(23)24-11-17(22)20-7-5-19(6-8-20)13(2)21/h10,12H,3-9,11H2,1-2H3/t12-/m1/s1. The fraction of sp³-hybridized carbons (Fsp3) is 0.611. The number of carbonyl (C=O) groups is 3. The molecule has 1 aliphatic heterocycles. The van der Waals surface area contributed by atoms with Crippen molar-refractivity contribution in [2.24, 2.45) is 5.92 Å². The molecule has 0 aromatic carbocycles. The lowest BCUT2D eigenvalue weighted by atomic mass is 9.90. The van der Waals surface area contributed by atoms with Crippen LogP contribution in [0.3, 0.4) is 0 Å². The second kappa shape index (κ2) is 7.56. The Morgan fingerprint density at radius 3 is 2.56 bits per heavy atom. The summed E-state index contributed by atoms with van der Waals surface area (Å²) in [5, 5.41) is 0. The van der Waals surface area contributed by atoms with Crippen LogP contribution in [-0.2, 0) is 27.2 Å². The van der Waals surface area contributed by atoms with Crippen LogP contribution in [0.1, 0.15) is 40.4 Å². The van der Waals surface area contributed by atoms with Crippen LogP contribution in [0.25, 0.3) is 0 Å². The van der Waals surface area contributed by atoms with Crippen molar-refractivity contribution in [1.29, 1.82) is 0 Å². The molecule has 7 heteroatoms. The van der Waals surface area contributed by atoms with Gasteiger partial charge < -0.3 is 14.5 Å². The van der Waals surface area contributed by atoms with Crippen molar-refractivity contribution in [3.8, 4) is 0 Å². The first-order chi connectivity index (χ1) is 11.9. The second-order valence-electron chi connectivity index (χ2n) is 6.87. The first-order valence-electron chi connectivity index (χ1n) is 8.76. The van der Waals surface area contributed by atoms with E-state index in [1.807, 2.05) is 6.07 Å². The van der Waals surface area contributed by atoms with E-state index in [4.69, 9.17) is 4.74 Å². The van der Waals surface area contributed by atoms with Gasteiger partial charge in [0.15, 0.2) is 6.61 Å². The average molecular weight is 364 g/mol. The average Bonchev–Trinajstić information content (AvgIpc) is 3.02. The molecule has 1 aliphatic carbocycles. The zero-order chi connectivity index (χ0) is 18.0. The largest absolute Gasteiger partial charge is 0.451 e. The lowest BCUT2D eigenvalue weighted by molar-refractivity contribution is -0.140. The number of ether oxygens (including phenoxy) is 1. The van der Waals surface area contributed by atoms with Crippen molar-refractivity contribution in [1.82, 2.24) is 9.80 Å². The van der Waals surface area contributed by atoms with Crippen molar-refractivity contribution in [3.63, 3.8) is 0 Å². The van der Waals surface area contributed by atoms with Crippen LogP contribution in [0.15, 0.2) is 6.07 Å². The number of amides is 2. The fourth-order valence-electron chi connectivity index (χ4n) is 3.37. The van der Waals surface area contributed by atoms with Gasteiger partial charge in [-0.05, 0) is 36.8 Å². The summed E-state index contributed by atoms with van der Waals surface area (Å²) >= 11 is 1.49. The van der Waals surface area contributed by atoms with Gasteiger partial charge in [-0.25, -0.2) is 4.79 Å². The second-order valence-corrected chi connectivity index (χ2v) is 8.01. The number of hydrogen-bond acceptors (Lipinski definition) is 5. The van der Waals surface area contributed by atoms with Gasteiger partial charge in [0.25, 0.3) is 5.91 Å². The first-order valence-corrected chi connectivity index (χ1v) is 9.57. The van der Waals surface area contributed by atoms with Gasteiger partial charge in [0.05, 0.1) is 0 Å². The van der Waals surface area contributed by atoms with Gasteiger partial charge in [-0.2, -0.15) is 0 Å². The van der Waals surface area contributed by atoms with E-state index in [1.54, 1.807) is 9.80 Å². The molecule has 1 fully saturated rings. The summed E-state index contributed by atoms with van der Waals surface area (Å²) < 4.78 is 5.22. The van der Waals surface area contributed by atoms with E-state index in [1.165, 1.54) is 28.7 Å². The quantitative estimate of drug-likeness (QED) is 0.766. The Balaban J connectivity index is 1.49. The van der Waals surface area contributed by atoms with Crippen LogP contribution in [0.4, 0.5) is 0 Å². The molecule has 0 spiro atoms. The number of rotatable bonds is 3. The molecular weight excluding hydrogens is 340 g/mol. The first kappa shape index (κ1) is 17.9. The number of aryl methyl sites for hydroxylation is 1. The van der Waals surface area contributed by atoms with Crippen LogP contribution < -0.4 is 0 Å². The third-order valence-electron chi connectivity index (χ3n) is 4.93. The van der Waals surface area contributed by atoms with Crippen LogP contribution >= 0.6 is 11.3 Å². The number of thiophene rings is 1. The van der Waals surface area contributed by atoms with E-state index in [0.29, 0.717) is 37.0 Å². The number of fused-ring (bicyclic) bond motifs is 1. The topological polar surface area (TPSA) is 66.9 Å². The zero-order valence-corrected chi connectivity index (χ0v) is 15.6. The molecule has 2 amide bonds. The lowest BCUT2D eigenvalue weighted by Gasteiger charge is -2.34. The fourth-order valence-corrected chi connectivity index (χ4v) is 4.47. The number of piperazine rings is 1. The van der Waals surface area contributed by atoms with Crippen LogP contribution in [-0.4, -0.2) is 60.4 Å². The Morgan fingerprint density at radius 1 is 1.20 bits per heavy atom. The van der Waals surface area contributed by atoms with Gasteiger partial charge in [0.1, 0.15) is 4.88 Å². The van der Waals surface area contributed by atoms with Crippen LogP contribution in [0, 0.1) is 5.92 Å². The number of hydrogen-bond donors (Lipinski definition) is 0. The number of carbonyl (C=O) groups excluding carboxylic acids is 3. The Hall–Kier alpha value is -1.89. The van der Waals surface area contributed by atoms with E-state index in [0.717, 1.165) is 19.3 Å². The maximum absolute atomic E-state index is 12.2. The molecule has 0 radical (unpaired) electrons. The smallest absolute Gasteiger partial charge is 0.348 e. The third-order valence-corrected chi connectivity index (χ3v) is 6.15. The molecule has 0 unspecified atom stereocenters. The Bertz CT molecular complexity index is 677. The zero-order valence-electron chi connectivity index (χ0n) is 14.7. The van der Waals surface area contributed by atoms with E-state index in [2.05, 4.69) is 6.92 Å². The van der Waals surface area contributed by atoms with E-state index in [-0.39, 0.29) is 18.4 Å². The molecule has 1 saturated heterocycles. The molecule has 2 aliphatic rings. The van der Waals surface area contributed by atoms with Crippen molar-refractivity contribution in [2.75, 3.05) is 32.8 Å². The third kappa shape index (κ3) is 4.21. The predicted molar refractivity (Wildman–Crippen MR) is 94.6 cm³/mol. The minimum Gasteiger partial charge on any atom is -0.451 e. The van der Waals surface area contributed by atoms with Crippen molar-refractivity contribution < 1.29 is 19.1 Å². The molecule has 2 heterocycles. The minimum absolute atomic E-state index is 0.0227. The van der Waals surface area contributed by atoms with E-state index in [9.17, 15) is 14.4 Å². The Labute approximate surface area is 151 Å². The normalized spacial score (nSPS) is 20.2. The maximum Gasteiger partial charge on any atom is 0.348 e. The molecule has 1 aromatic rings. The molecule has 0 saturated carbocycles. The molecule has 136 valence electrons. The van der Waals surface area contributed by atoms with Gasteiger partial charge >= 0.3 is 5.97 Å². The van der Waals surface area contributed by atoms with Gasteiger partial charge in [0, 0.05) is 38.0 Å². The number of nitrogens with zero attached hydrogens (tertiary/aromatic N) is 2. The highest BCUT2D eigenvalue weighted by molar-refractivity contribution is 7.14. The van der Waals surface area contributed by atoms with Crippen molar-refractivity contribution >= 4 is 29.1 Å². The number of esters is 1. The molecule has 3 rings (SSSR count). The van der Waals surface area contributed by atoms with E-state index < -0.39 is 5.97 Å². The van der Waals surface area contributed by atoms with Crippen LogP contribution in [0.5, 0.6) is 0 Å². The summed E-state index contributed by atoms with van der Waals surface area (Å²) in [5.74, 6) is 0.0602. The Morgan fingerprint density at radius 2 is 1.88 bits per heavy atom. The highest BCUT2D eigenvalue weighted by Gasteiger charge is 2.25. The summed E-state index contributed by atoms with van der Waals surface area (Å²) in [6, 6.07) is 1.92.